The van der Waals surface area contributed by atoms with Gasteiger partial charge in [-0.3, -0.25) is 9.59 Å². The number of amides is 4. The smallest absolute Gasteiger partial charge is 0.407 e. The first-order valence-corrected chi connectivity index (χ1v) is 19.7. The summed E-state index contributed by atoms with van der Waals surface area (Å²) in [5.41, 5.74) is 4.90. The fourth-order valence-corrected chi connectivity index (χ4v) is 8.35. The fourth-order valence-electron chi connectivity index (χ4n) is 8.35. The second-order valence-electron chi connectivity index (χ2n) is 15.7. The van der Waals surface area contributed by atoms with Crippen molar-refractivity contribution in [2.75, 3.05) is 27.3 Å². The normalized spacial score (nSPS) is 18.3. The third kappa shape index (κ3) is 6.87. The molecule has 3 aliphatic heterocycles. The third-order valence-electron chi connectivity index (χ3n) is 11.4. The predicted molar refractivity (Wildman–Crippen MR) is 212 cm³/mol. The van der Waals surface area contributed by atoms with E-state index in [0.29, 0.717) is 36.2 Å². The number of fused-ring (bicyclic) bond motifs is 2. The standard InChI is InChI=1S/C41H48N10O7/c1-21(2)33(47-40(54)56-5)38(52)49-15-7-9-29(49)36-42-19-26(45-36)23-11-13-28-32(17-23)58-31-14-12-24(25-18-44-51(28)35(25)31)27-20-43-37(46-27)30-10-8-16-50(30)39(53)34(22(3)4)48-41(55)57-6/h11-14,17-22,29-30,33-34H,7-10,15-16H2,1-6H3,(H,42,45)(H,43,46)(H,47,54)(H,48,55)/t29-,30-,33-,34-/m0/s1. The van der Waals surface area contributed by atoms with Crippen LogP contribution >= 0.6 is 0 Å². The Morgan fingerprint density at radius 2 is 1.33 bits per heavy atom. The molecule has 304 valence electrons. The number of nitrogens with zero attached hydrogens (tertiary/aromatic N) is 6. The van der Waals surface area contributed by atoms with Gasteiger partial charge in [-0.15, -0.1) is 0 Å². The van der Waals surface area contributed by atoms with Crippen molar-refractivity contribution in [1.82, 2.24) is 50.1 Å². The molecule has 4 amide bonds. The molecule has 0 bridgehead atoms. The highest BCUT2D eigenvalue weighted by Gasteiger charge is 2.39. The maximum Gasteiger partial charge on any atom is 0.407 e. The van der Waals surface area contributed by atoms with E-state index in [9.17, 15) is 19.2 Å². The Morgan fingerprint density at radius 1 is 0.759 bits per heavy atom. The Balaban J connectivity index is 1.01. The van der Waals surface area contributed by atoms with Crippen molar-refractivity contribution in [2.24, 2.45) is 11.8 Å². The van der Waals surface area contributed by atoms with Gasteiger partial charge in [-0.25, -0.2) is 24.2 Å². The molecule has 2 saturated heterocycles. The Hall–Kier alpha value is -6.39. The molecule has 17 nitrogen and oxygen atoms in total. The van der Waals surface area contributed by atoms with Crippen molar-refractivity contribution < 1.29 is 33.4 Å². The van der Waals surface area contributed by atoms with Crippen molar-refractivity contribution in [3.63, 3.8) is 0 Å². The first-order valence-electron chi connectivity index (χ1n) is 19.7. The molecule has 4 atom stereocenters. The molecule has 0 spiro atoms. The molecule has 0 saturated carbocycles. The molecule has 2 fully saturated rings. The summed E-state index contributed by atoms with van der Waals surface area (Å²) in [6.07, 6.45) is 7.21. The van der Waals surface area contributed by atoms with E-state index in [4.69, 9.17) is 29.3 Å². The highest BCUT2D eigenvalue weighted by molar-refractivity contribution is 5.99. The van der Waals surface area contributed by atoms with Gasteiger partial charge < -0.3 is 44.6 Å². The summed E-state index contributed by atoms with van der Waals surface area (Å²) in [5.74, 6) is 2.04. The van der Waals surface area contributed by atoms with Crippen LogP contribution < -0.4 is 15.4 Å². The quantitative estimate of drug-likeness (QED) is 0.128. The lowest BCUT2D eigenvalue weighted by molar-refractivity contribution is -0.136. The van der Waals surface area contributed by atoms with E-state index in [-0.39, 0.29) is 35.7 Å². The van der Waals surface area contributed by atoms with Crippen LogP contribution in [0.25, 0.3) is 39.1 Å². The Bertz CT molecular complexity index is 2380. The number of carbonyl (C=O) groups is 4. The van der Waals surface area contributed by atoms with Crippen molar-refractivity contribution in [1.29, 1.82) is 0 Å². The summed E-state index contributed by atoms with van der Waals surface area (Å²) >= 11 is 0. The molecule has 0 radical (unpaired) electrons. The van der Waals surface area contributed by atoms with Gasteiger partial charge in [0.25, 0.3) is 0 Å². The largest absolute Gasteiger partial charge is 0.453 e. The van der Waals surface area contributed by atoms with Crippen molar-refractivity contribution in [3.05, 3.63) is 60.6 Å². The van der Waals surface area contributed by atoms with E-state index in [1.165, 1.54) is 14.2 Å². The van der Waals surface area contributed by atoms with Crippen LogP contribution in [0, 0.1) is 11.8 Å². The summed E-state index contributed by atoms with van der Waals surface area (Å²) in [6.45, 7) is 8.69. The van der Waals surface area contributed by atoms with Crippen LogP contribution in [-0.4, -0.2) is 103 Å². The number of ether oxygens (including phenoxy) is 3. The van der Waals surface area contributed by atoms with Crippen LogP contribution in [0.5, 0.6) is 11.5 Å². The van der Waals surface area contributed by atoms with Gasteiger partial charge in [0.2, 0.25) is 11.8 Å². The number of H-pyrrole nitrogens is 2. The first-order chi connectivity index (χ1) is 28.0. The number of aromatic nitrogens is 6. The van der Waals surface area contributed by atoms with Gasteiger partial charge in [-0.2, -0.15) is 5.10 Å². The molecule has 6 heterocycles. The Kier molecular flexibility index (Phi) is 10.3. The average molecular weight is 793 g/mol. The molecule has 58 heavy (non-hydrogen) atoms. The average Bonchev–Trinajstić information content (AvgIpc) is 4.07. The van der Waals surface area contributed by atoms with Crippen LogP contribution in [0.4, 0.5) is 9.59 Å². The minimum atomic E-state index is -0.719. The van der Waals surface area contributed by atoms with Crippen LogP contribution in [-0.2, 0) is 19.1 Å². The lowest BCUT2D eigenvalue weighted by Gasteiger charge is -2.30. The zero-order valence-electron chi connectivity index (χ0n) is 33.4. The third-order valence-corrected chi connectivity index (χ3v) is 11.4. The number of alkyl carbamates (subject to hydrolysis) is 2. The molecule has 0 unspecified atom stereocenters. The number of hydrogen-bond donors (Lipinski definition) is 4. The van der Waals surface area contributed by atoms with Gasteiger partial charge in [0.05, 0.1) is 56.3 Å². The number of methoxy groups -OCH3 is 2. The zero-order valence-corrected chi connectivity index (χ0v) is 33.4. The molecular weight excluding hydrogens is 745 g/mol. The monoisotopic (exact) mass is 792 g/mol. The Morgan fingerprint density at radius 3 is 1.90 bits per heavy atom. The molecule has 2 aromatic carbocycles. The molecule has 3 aromatic heterocycles. The zero-order chi connectivity index (χ0) is 40.8. The minimum absolute atomic E-state index is 0.129. The van der Waals surface area contributed by atoms with E-state index < -0.39 is 24.3 Å². The topological polar surface area (TPSA) is 202 Å². The van der Waals surface area contributed by atoms with Crippen molar-refractivity contribution in [3.8, 4) is 39.7 Å². The number of imidazole rings is 2. The summed E-state index contributed by atoms with van der Waals surface area (Å²) in [7, 11) is 2.56. The van der Waals surface area contributed by atoms with Gasteiger partial charge in [-0.1, -0.05) is 33.8 Å². The van der Waals surface area contributed by atoms with E-state index in [0.717, 1.165) is 64.8 Å². The van der Waals surface area contributed by atoms with E-state index in [2.05, 4.69) is 20.6 Å². The van der Waals surface area contributed by atoms with Crippen LogP contribution in [0.15, 0.2) is 48.9 Å². The second-order valence-corrected chi connectivity index (χ2v) is 15.7. The number of nitrogens with one attached hydrogen (secondary N) is 4. The number of carbonyl (C=O) groups excluding carboxylic acids is 4. The van der Waals surface area contributed by atoms with Crippen molar-refractivity contribution >= 4 is 34.9 Å². The molecule has 8 rings (SSSR count). The number of rotatable bonds is 10. The second kappa shape index (κ2) is 15.5. The predicted octanol–water partition coefficient (Wildman–Crippen LogP) is 6.00. The molecule has 4 N–H and O–H groups in total. The van der Waals surface area contributed by atoms with Gasteiger partial charge in [0.1, 0.15) is 34.9 Å². The lowest BCUT2D eigenvalue weighted by atomic mass is 10.0. The van der Waals surface area contributed by atoms with Crippen LogP contribution in [0.1, 0.15) is 77.1 Å². The number of likely N-dealkylation sites (tertiary alicyclic amines) is 2. The summed E-state index contributed by atoms with van der Waals surface area (Å²) in [5, 5.41) is 11.1. The van der Waals surface area contributed by atoms with Crippen LogP contribution in [0.3, 0.4) is 0 Å². The molecule has 17 heteroatoms. The van der Waals surface area contributed by atoms with Gasteiger partial charge in [0.15, 0.2) is 11.5 Å². The van der Waals surface area contributed by atoms with E-state index >= 15 is 0 Å². The molecular formula is C41H48N10O7. The van der Waals surface area contributed by atoms with E-state index in [1.54, 1.807) is 22.2 Å². The highest BCUT2D eigenvalue weighted by Crippen LogP contribution is 2.45. The van der Waals surface area contributed by atoms with Crippen LogP contribution in [0.2, 0.25) is 0 Å². The summed E-state index contributed by atoms with van der Waals surface area (Å²) in [4.78, 5) is 71.3. The summed E-state index contributed by atoms with van der Waals surface area (Å²) < 4.78 is 17.9. The van der Waals surface area contributed by atoms with Gasteiger partial charge in [0, 0.05) is 29.6 Å². The summed E-state index contributed by atoms with van der Waals surface area (Å²) in [6, 6.07) is 7.83. The number of aromatic amines is 2. The van der Waals surface area contributed by atoms with Gasteiger partial charge >= 0.3 is 12.2 Å². The van der Waals surface area contributed by atoms with E-state index in [1.807, 2.05) is 68.9 Å². The maximum atomic E-state index is 13.7. The fraction of sp³-hybridized carbons (Fsp3) is 0.439. The molecule has 3 aliphatic rings. The maximum absolute atomic E-state index is 13.7. The number of benzene rings is 2. The minimum Gasteiger partial charge on any atom is -0.453 e. The SMILES string of the molecule is COC(=O)N[C@H](C(=O)N1CCC[C@H]1c1ncc(-c2ccc3c(c2)Oc2ccc(-c4cnc([C@@H]5CCCN5C(=O)[C@@H](NC(=O)OC)C(C)C)[nH]4)c4cnn-3c24)[nH]1)C(C)C. The highest BCUT2D eigenvalue weighted by atomic mass is 16.5. The van der Waals surface area contributed by atoms with Gasteiger partial charge in [-0.05, 0) is 61.8 Å². The molecule has 0 aliphatic carbocycles. The first kappa shape index (κ1) is 38.5. The lowest BCUT2D eigenvalue weighted by Crippen LogP contribution is -2.51. The number of hydrogen-bond acceptors (Lipinski definition) is 10. The Labute approximate surface area is 334 Å². The molecule has 5 aromatic rings. The van der Waals surface area contributed by atoms with Crippen molar-refractivity contribution in [2.45, 2.75) is 77.5 Å².